The van der Waals surface area contributed by atoms with Crippen LogP contribution in [0.2, 0.25) is 0 Å². The van der Waals surface area contributed by atoms with Crippen molar-refractivity contribution in [2.45, 2.75) is 12.7 Å². The summed E-state index contributed by atoms with van der Waals surface area (Å²) < 4.78 is 11.6. The van der Waals surface area contributed by atoms with Gasteiger partial charge in [-0.2, -0.15) is 9.78 Å². The SMILES string of the molecule is CCOC(=O)c1nn(-c2cccc(OC)c2)c(=O)c2c(NC(=O)CSCc3ccccc3)scc12. The Kier molecular flexibility index (Phi) is 7.84. The number of fused-ring (bicyclic) bond motifs is 1. The lowest BCUT2D eigenvalue weighted by Gasteiger charge is -2.11. The van der Waals surface area contributed by atoms with Crippen LogP contribution in [0.25, 0.3) is 16.5 Å². The second-order valence-electron chi connectivity index (χ2n) is 7.37. The molecule has 2 aromatic heterocycles. The number of hydrogen-bond acceptors (Lipinski definition) is 8. The van der Waals surface area contributed by atoms with E-state index in [0.717, 1.165) is 10.2 Å². The molecular weight excluding hydrogens is 486 g/mol. The number of carbonyl (C=O) groups excluding carboxylic acids is 2. The summed E-state index contributed by atoms with van der Waals surface area (Å²) in [4.78, 5) is 38.8. The molecule has 0 saturated carbocycles. The van der Waals surface area contributed by atoms with E-state index in [9.17, 15) is 14.4 Å². The predicted octanol–water partition coefficient (Wildman–Crippen LogP) is 4.50. The van der Waals surface area contributed by atoms with Gasteiger partial charge in [0.2, 0.25) is 5.91 Å². The van der Waals surface area contributed by atoms with Crippen molar-refractivity contribution in [3.63, 3.8) is 0 Å². The van der Waals surface area contributed by atoms with Crippen LogP contribution in [-0.4, -0.2) is 41.1 Å². The van der Waals surface area contributed by atoms with Crippen molar-refractivity contribution >= 4 is 50.7 Å². The van der Waals surface area contributed by atoms with E-state index >= 15 is 0 Å². The van der Waals surface area contributed by atoms with E-state index in [2.05, 4.69) is 10.4 Å². The molecule has 1 N–H and O–H groups in total. The Labute approximate surface area is 209 Å². The Bertz CT molecular complexity index is 1420. The highest BCUT2D eigenvalue weighted by atomic mass is 32.2. The molecule has 180 valence electrons. The molecule has 2 heterocycles. The van der Waals surface area contributed by atoms with Crippen molar-refractivity contribution in [1.82, 2.24) is 9.78 Å². The lowest BCUT2D eigenvalue weighted by molar-refractivity contribution is -0.113. The van der Waals surface area contributed by atoms with Crippen molar-refractivity contribution in [1.29, 1.82) is 0 Å². The van der Waals surface area contributed by atoms with Gasteiger partial charge >= 0.3 is 5.97 Å². The number of amides is 1. The van der Waals surface area contributed by atoms with Gasteiger partial charge < -0.3 is 14.8 Å². The molecule has 0 bridgehead atoms. The van der Waals surface area contributed by atoms with Crippen molar-refractivity contribution in [3.8, 4) is 11.4 Å². The normalized spacial score (nSPS) is 10.8. The van der Waals surface area contributed by atoms with E-state index < -0.39 is 11.5 Å². The molecule has 0 spiro atoms. The first-order chi connectivity index (χ1) is 17.0. The summed E-state index contributed by atoms with van der Waals surface area (Å²) >= 11 is 2.64. The van der Waals surface area contributed by atoms with Crippen LogP contribution in [-0.2, 0) is 15.3 Å². The average molecular weight is 510 g/mol. The maximum atomic E-state index is 13.5. The third kappa shape index (κ3) is 5.55. The molecule has 0 aliphatic heterocycles. The number of anilines is 1. The van der Waals surface area contributed by atoms with Crippen molar-refractivity contribution in [2.75, 3.05) is 24.8 Å². The molecule has 4 aromatic rings. The van der Waals surface area contributed by atoms with Gasteiger partial charge in [0.1, 0.15) is 10.8 Å². The summed E-state index contributed by atoms with van der Waals surface area (Å²) in [6.45, 7) is 1.85. The van der Waals surface area contributed by atoms with Crippen LogP contribution in [0.5, 0.6) is 5.75 Å². The molecule has 4 rings (SSSR count). The monoisotopic (exact) mass is 509 g/mol. The third-order valence-corrected chi connectivity index (χ3v) is 6.92. The highest BCUT2D eigenvalue weighted by Crippen LogP contribution is 2.31. The van der Waals surface area contributed by atoms with Crippen LogP contribution in [0.4, 0.5) is 5.00 Å². The van der Waals surface area contributed by atoms with Gasteiger partial charge in [0.15, 0.2) is 5.69 Å². The maximum absolute atomic E-state index is 13.5. The number of benzene rings is 2. The summed E-state index contributed by atoms with van der Waals surface area (Å²) in [6.07, 6.45) is 0. The molecule has 35 heavy (non-hydrogen) atoms. The van der Waals surface area contributed by atoms with Gasteiger partial charge in [-0.3, -0.25) is 9.59 Å². The Morgan fingerprint density at radius 1 is 1.14 bits per heavy atom. The molecular formula is C25H23N3O5S2. The first-order valence-corrected chi connectivity index (χ1v) is 12.8. The fourth-order valence-electron chi connectivity index (χ4n) is 3.41. The highest BCUT2D eigenvalue weighted by Gasteiger charge is 2.23. The van der Waals surface area contributed by atoms with Gasteiger partial charge in [-0.15, -0.1) is 23.1 Å². The largest absolute Gasteiger partial charge is 0.497 e. The topological polar surface area (TPSA) is 99.5 Å². The number of nitrogens with zero attached hydrogens (tertiary/aromatic N) is 2. The zero-order valence-electron chi connectivity index (χ0n) is 19.1. The molecule has 0 fully saturated rings. The molecule has 0 atom stereocenters. The number of aromatic nitrogens is 2. The number of nitrogens with one attached hydrogen (secondary N) is 1. The van der Waals surface area contributed by atoms with Crippen molar-refractivity contribution < 1.29 is 19.1 Å². The summed E-state index contributed by atoms with van der Waals surface area (Å²) in [7, 11) is 1.52. The smallest absolute Gasteiger partial charge is 0.359 e. The van der Waals surface area contributed by atoms with E-state index in [1.54, 1.807) is 36.6 Å². The van der Waals surface area contributed by atoms with Crippen LogP contribution in [0.1, 0.15) is 23.0 Å². The predicted molar refractivity (Wildman–Crippen MR) is 139 cm³/mol. The third-order valence-electron chi connectivity index (χ3n) is 5.02. The standard InChI is InChI=1S/C25H23N3O5S2/c1-3-33-25(31)22-19-14-35-23(26-20(29)15-34-13-16-8-5-4-6-9-16)21(19)24(30)28(27-22)17-10-7-11-18(12-17)32-2/h4-12,14H,3,13,15H2,1-2H3,(H,26,29). The van der Waals surface area contributed by atoms with Crippen LogP contribution >= 0.6 is 23.1 Å². The molecule has 0 aliphatic rings. The molecule has 0 aliphatic carbocycles. The number of thiophene rings is 1. The van der Waals surface area contributed by atoms with Gasteiger partial charge in [-0.1, -0.05) is 36.4 Å². The minimum Gasteiger partial charge on any atom is -0.497 e. The minimum absolute atomic E-state index is 0.000489. The summed E-state index contributed by atoms with van der Waals surface area (Å²) in [5, 5.41) is 9.68. The van der Waals surface area contributed by atoms with E-state index in [0.29, 0.717) is 27.6 Å². The first-order valence-electron chi connectivity index (χ1n) is 10.8. The molecule has 0 unspecified atom stereocenters. The lowest BCUT2D eigenvalue weighted by Crippen LogP contribution is -2.25. The van der Waals surface area contributed by atoms with Gasteiger partial charge in [-0.05, 0) is 24.6 Å². The van der Waals surface area contributed by atoms with Gasteiger partial charge in [0.25, 0.3) is 5.56 Å². The van der Waals surface area contributed by atoms with Gasteiger partial charge in [-0.25, -0.2) is 4.79 Å². The minimum atomic E-state index is -0.650. The second kappa shape index (κ2) is 11.2. The number of rotatable bonds is 9. The van der Waals surface area contributed by atoms with Crippen molar-refractivity contribution in [2.24, 2.45) is 0 Å². The fraction of sp³-hybridized carbons (Fsp3) is 0.200. The highest BCUT2D eigenvalue weighted by molar-refractivity contribution is 7.99. The number of thioether (sulfide) groups is 1. The van der Waals surface area contributed by atoms with E-state index in [1.165, 1.54) is 30.2 Å². The number of carbonyl (C=O) groups is 2. The summed E-state index contributed by atoms with van der Waals surface area (Å²) in [6, 6.07) is 16.6. The van der Waals surface area contributed by atoms with E-state index in [-0.39, 0.29) is 29.3 Å². The molecule has 0 saturated heterocycles. The van der Waals surface area contributed by atoms with Crippen LogP contribution in [0.3, 0.4) is 0 Å². The Balaban J connectivity index is 1.68. The zero-order valence-corrected chi connectivity index (χ0v) is 20.8. The van der Waals surface area contributed by atoms with Crippen LogP contribution in [0.15, 0.2) is 64.8 Å². The molecule has 0 radical (unpaired) electrons. The number of ether oxygens (including phenoxy) is 2. The van der Waals surface area contributed by atoms with Crippen LogP contribution < -0.4 is 15.6 Å². The Morgan fingerprint density at radius 2 is 1.94 bits per heavy atom. The second-order valence-corrected chi connectivity index (χ2v) is 9.23. The number of methoxy groups -OCH3 is 1. The Morgan fingerprint density at radius 3 is 2.69 bits per heavy atom. The fourth-order valence-corrected chi connectivity index (χ4v) is 5.15. The average Bonchev–Trinajstić information content (AvgIpc) is 3.29. The maximum Gasteiger partial charge on any atom is 0.359 e. The lowest BCUT2D eigenvalue weighted by atomic mass is 10.2. The quantitative estimate of drug-likeness (QED) is 0.332. The summed E-state index contributed by atoms with van der Waals surface area (Å²) in [5.74, 6) is 0.552. The molecule has 1 amide bonds. The van der Waals surface area contributed by atoms with E-state index in [4.69, 9.17) is 9.47 Å². The number of hydrogen-bond donors (Lipinski definition) is 1. The van der Waals surface area contributed by atoms with Crippen LogP contribution in [0, 0.1) is 0 Å². The molecule has 8 nitrogen and oxygen atoms in total. The Hall–Kier alpha value is -3.63. The molecule has 10 heteroatoms. The first kappa shape index (κ1) is 24.5. The number of esters is 1. The van der Waals surface area contributed by atoms with Gasteiger partial charge in [0, 0.05) is 22.6 Å². The zero-order chi connectivity index (χ0) is 24.8. The summed E-state index contributed by atoms with van der Waals surface area (Å²) in [5.41, 5.74) is 1.08. The molecule has 2 aromatic carbocycles. The van der Waals surface area contributed by atoms with Crippen molar-refractivity contribution in [3.05, 3.63) is 81.6 Å². The van der Waals surface area contributed by atoms with Gasteiger partial charge in [0.05, 0.1) is 30.5 Å². The van der Waals surface area contributed by atoms with E-state index in [1.807, 2.05) is 30.3 Å².